The zero-order valence-electron chi connectivity index (χ0n) is 13.7. The molecule has 0 spiro atoms. The van der Waals surface area contributed by atoms with Gasteiger partial charge in [-0.1, -0.05) is 49.6 Å². The van der Waals surface area contributed by atoms with Crippen LogP contribution in [-0.4, -0.2) is 35.5 Å². The van der Waals surface area contributed by atoms with Crippen LogP contribution >= 0.6 is 0 Å². The summed E-state index contributed by atoms with van der Waals surface area (Å²) in [5, 5.41) is 11.6. The number of hydrogen-bond donors (Lipinski definition) is 1. The van der Waals surface area contributed by atoms with Gasteiger partial charge >= 0.3 is 0 Å². The average molecular weight is 300 g/mol. The molecule has 22 heavy (non-hydrogen) atoms. The second-order valence-electron chi connectivity index (χ2n) is 6.79. The third kappa shape index (κ3) is 3.19. The zero-order chi connectivity index (χ0) is 15.4. The van der Waals surface area contributed by atoms with Crippen molar-refractivity contribution in [3.63, 3.8) is 0 Å². The number of aliphatic imine (C=N–C) groups is 1. The highest BCUT2D eigenvalue weighted by Crippen LogP contribution is 2.41. The predicted molar refractivity (Wildman–Crippen MR) is 91.1 cm³/mol. The van der Waals surface area contributed by atoms with Crippen molar-refractivity contribution in [3.8, 4) is 0 Å². The third-order valence-corrected chi connectivity index (χ3v) is 5.49. The summed E-state index contributed by atoms with van der Waals surface area (Å²) in [6.45, 7) is 4.88. The summed E-state index contributed by atoms with van der Waals surface area (Å²) in [6, 6.07) is 10.3. The van der Waals surface area contributed by atoms with Crippen LogP contribution in [0.3, 0.4) is 0 Å². The van der Waals surface area contributed by atoms with Gasteiger partial charge in [0.05, 0.1) is 18.0 Å². The molecule has 1 aliphatic carbocycles. The van der Waals surface area contributed by atoms with E-state index in [2.05, 4.69) is 28.9 Å². The molecule has 0 radical (unpaired) electrons. The Morgan fingerprint density at radius 2 is 1.91 bits per heavy atom. The molecule has 120 valence electrons. The number of nitrogens with zero attached hydrogens (tertiary/aromatic N) is 2. The minimum Gasteiger partial charge on any atom is -0.385 e. The summed E-state index contributed by atoms with van der Waals surface area (Å²) in [6.07, 6.45) is 6.93. The lowest BCUT2D eigenvalue weighted by molar-refractivity contribution is -0.0489. The Hall–Kier alpha value is -1.35. The van der Waals surface area contributed by atoms with Gasteiger partial charge in [-0.05, 0) is 37.7 Å². The maximum atomic E-state index is 11.6. The molecular formula is C19H28N2O. The molecule has 1 heterocycles. The number of rotatable bonds is 5. The molecule has 1 aromatic rings. The molecule has 1 unspecified atom stereocenters. The van der Waals surface area contributed by atoms with Gasteiger partial charge in [0, 0.05) is 13.1 Å². The van der Waals surface area contributed by atoms with E-state index in [-0.39, 0.29) is 0 Å². The van der Waals surface area contributed by atoms with E-state index >= 15 is 0 Å². The molecule has 1 N–H and O–H groups in total. The number of hydrogen-bond acceptors (Lipinski definition) is 3. The molecule has 1 aliphatic heterocycles. The van der Waals surface area contributed by atoms with Crippen molar-refractivity contribution in [1.82, 2.24) is 4.90 Å². The number of amidine groups is 1. The van der Waals surface area contributed by atoms with Crippen molar-refractivity contribution in [2.45, 2.75) is 51.0 Å². The van der Waals surface area contributed by atoms with Gasteiger partial charge in [-0.2, -0.15) is 0 Å². The van der Waals surface area contributed by atoms with Crippen molar-refractivity contribution < 1.29 is 5.11 Å². The summed E-state index contributed by atoms with van der Waals surface area (Å²) in [5.74, 6) is 1.52. The molecule has 2 aliphatic rings. The standard InChI is InChI=1S/C19H28N2O/c1-16-20-13-15-21(16)14-12-19(22,17-8-4-2-5-9-17)18-10-6-3-7-11-18/h2,4-5,8-9,18,22H,3,6-7,10-15H2,1H3. The molecule has 0 amide bonds. The van der Waals surface area contributed by atoms with Crippen molar-refractivity contribution in [1.29, 1.82) is 0 Å². The summed E-state index contributed by atoms with van der Waals surface area (Å²) in [4.78, 5) is 6.78. The number of benzene rings is 1. The van der Waals surface area contributed by atoms with Crippen LogP contribution in [0.25, 0.3) is 0 Å². The summed E-state index contributed by atoms with van der Waals surface area (Å²) >= 11 is 0. The highest BCUT2D eigenvalue weighted by atomic mass is 16.3. The predicted octanol–water partition coefficient (Wildman–Crippen LogP) is 3.58. The van der Waals surface area contributed by atoms with Crippen molar-refractivity contribution in [2.24, 2.45) is 10.9 Å². The molecular weight excluding hydrogens is 272 g/mol. The molecule has 3 heteroatoms. The van der Waals surface area contributed by atoms with Gasteiger partial charge in [-0.25, -0.2) is 0 Å². The van der Waals surface area contributed by atoms with Gasteiger partial charge in [0.2, 0.25) is 0 Å². The van der Waals surface area contributed by atoms with Gasteiger partial charge in [0.1, 0.15) is 0 Å². The fourth-order valence-electron chi connectivity index (χ4n) is 4.06. The van der Waals surface area contributed by atoms with Gasteiger partial charge in [0.15, 0.2) is 0 Å². The molecule has 1 fully saturated rings. The van der Waals surface area contributed by atoms with E-state index < -0.39 is 5.60 Å². The van der Waals surface area contributed by atoms with Gasteiger partial charge in [-0.15, -0.1) is 0 Å². The smallest absolute Gasteiger partial charge is 0.0958 e. The zero-order valence-corrected chi connectivity index (χ0v) is 13.7. The quantitative estimate of drug-likeness (QED) is 0.902. The summed E-state index contributed by atoms with van der Waals surface area (Å²) in [5.41, 5.74) is 0.403. The van der Waals surface area contributed by atoms with Gasteiger partial charge in [-0.3, -0.25) is 4.99 Å². The second kappa shape index (κ2) is 6.82. The van der Waals surface area contributed by atoms with Gasteiger partial charge in [0.25, 0.3) is 0 Å². The Morgan fingerprint density at radius 1 is 1.18 bits per heavy atom. The SMILES string of the molecule is CC1=NCCN1CCC(O)(c1ccccc1)C1CCCCC1. The fourth-order valence-corrected chi connectivity index (χ4v) is 4.06. The normalized spacial score (nSPS) is 22.5. The minimum atomic E-state index is -0.690. The molecule has 1 saturated carbocycles. The third-order valence-electron chi connectivity index (χ3n) is 5.49. The highest BCUT2D eigenvalue weighted by Gasteiger charge is 2.39. The maximum absolute atomic E-state index is 11.6. The van der Waals surface area contributed by atoms with Crippen LogP contribution in [0.1, 0.15) is 51.0 Å². The van der Waals surface area contributed by atoms with Crippen LogP contribution in [0.4, 0.5) is 0 Å². The minimum absolute atomic E-state index is 0.392. The Labute approximate surface area is 134 Å². The van der Waals surface area contributed by atoms with E-state index in [0.717, 1.165) is 50.3 Å². The second-order valence-corrected chi connectivity index (χ2v) is 6.79. The van der Waals surface area contributed by atoms with E-state index in [0.29, 0.717) is 5.92 Å². The highest BCUT2D eigenvalue weighted by molar-refractivity contribution is 5.81. The van der Waals surface area contributed by atoms with Crippen LogP contribution in [0.15, 0.2) is 35.3 Å². The van der Waals surface area contributed by atoms with E-state index in [4.69, 9.17) is 0 Å². The van der Waals surface area contributed by atoms with Crippen LogP contribution in [0, 0.1) is 5.92 Å². The maximum Gasteiger partial charge on any atom is 0.0958 e. The lowest BCUT2D eigenvalue weighted by Gasteiger charge is -2.40. The molecule has 3 nitrogen and oxygen atoms in total. The van der Waals surface area contributed by atoms with Gasteiger partial charge < -0.3 is 10.0 Å². The first-order valence-electron chi connectivity index (χ1n) is 8.74. The van der Waals surface area contributed by atoms with E-state index in [1.807, 2.05) is 18.2 Å². The van der Waals surface area contributed by atoms with Crippen molar-refractivity contribution in [2.75, 3.05) is 19.6 Å². The molecule has 0 saturated heterocycles. The van der Waals surface area contributed by atoms with Crippen LogP contribution in [0.2, 0.25) is 0 Å². The Kier molecular flexibility index (Phi) is 4.82. The van der Waals surface area contributed by atoms with Crippen LogP contribution in [-0.2, 0) is 5.60 Å². The Balaban J connectivity index is 1.78. The molecule has 0 aromatic heterocycles. The lowest BCUT2D eigenvalue weighted by atomic mass is 9.71. The van der Waals surface area contributed by atoms with Crippen LogP contribution in [0.5, 0.6) is 0 Å². The molecule has 3 rings (SSSR count). The molecule has 1 aromatic carbocycles. The average Bonchev–Trinajstić information content (AvgIpc) is 2.99. The lowest BCUT2D eigenvalue weighted by Crippen LogP contribution is -2.40. The topological polar surface area (TPSA) is 35.8 Å². The van der Waals surface area contributed by atoms with E-state index in [9.17, 15) is 5.11 Å². The molecule has 0 bridgehead atoms. The number of aliphatic hydroxyl groups is 1. The van der Waals surface area contributed by atoms with E-state index in [1.165, 1.54) is 19.3 Å². The van der Waals surface area contributed by atoms with E-state index in [1.54, 1.807) is 0 Å². The Morgan fingerprint density at radius 3 is 2.55 bits per heavy atom. The fraction of sp³-hybridized carbons (Fsp3) is 0.632. The largest absolute Gasteiger partial charge is 0.385 e. The molecule has 1 atom stereocenters. The Bertz CT molecular complexity index is 507. The van der Waals surface area contributed by atoms with Crippen LogP contribution < -0.4 is 0 Å². The van der Waals surface area contributed by atoms with Crippen molar-refractivity contribution >= 4 is 5.84 Å². The summed E-state index contributed by atoms with van der Waals surface area (Å²) < 4.78 is 0. The monoisotopic (exact) mass is 300 g/mol. The first-order chi connectivity index (χ1) is 10.7. The van der Waals surface area contributed by atoms with Crippen molar-refractivity contribution in [3.05, 3.63) is 35.9 Å². The first-order valence-corrected chi connectivity index (χ1v) is 8.74. The summed E-state index contributed by atoms with van der Waals surface area (Å²) in [7, 11) is 0. The first kappa shape index (κ1) is 15.5.